The number of rotatable bonds is 7. The van der Waals surface area contributed by atoms with Crippen molar-refractivity contribution in [3.8, 4) is 5.75 Å². The molecular weight excluding hydrogens is 232 g/mol. The number of carbonyl (C=O) groups excluding carboxylic acids is 1. The van der Waals surface area contributed by atoms with Gasteiger partial charge in [-0.15, -0.1) is 0 Å². The fourth-order valence-electron chi connectivity index (χ4n) is 1.41. The Balaban J connectivity index is 2.22. The zero-order valence-electron chi connectivity index (χ0n) is 11.1. The van der Waals surface area contributed by atoms with Crippen LogP contribution in [0.4, 0.5) is 0 Å². The Morgan fingerprint density at radius 3 is 2.44 bits per heavy atom. The van der Waals surface area contributed by atoms with Crippen molar-refractivity contribution in [3.05, 3.63) is 29.8 Å². The first-order chi connectivity index (χ1) is 8.61. The van der Waals surface area contributed by atoms with Crippen LogP contribution in [-0.4, -0.2) is 26.3 Å². The molecule has 0 aliphatic rings. The van der Waals surface area contributed by atoms with Crippen LogP contribution in [0.25, 0.3) is 0 Å². The number of methoxy groups -OCH3 is 1. The molecule has 0 aliphatic heterocycles. The maximum atomic E-state index is 10.6. The molecule has 4 heteroatoms. The summed E-state index contributed by atoms with van der Waals surface area (Å²) in [5, 5.41) is 0. The summed E-state index contributed by atoms with van der Waals surface area (Å²) in [6.45, 7) is 4.91. The third kappa shape index (κ3) is 5.68. The van der Waals surface area contributed by atoms with Crippen molar-refractivity contribution in [1.82, 2.24) is 0 Å². The van der Waals surface area contributed by atoms with Gasteiger partial charge in [0, 0.05) is 12.8 Å². The Morgan fingerprint density at radius 1 is 1.22 bits per heavy atom. The molecule has 0 fully saturated rings. The van der Waals surface area contributed by atoms with E-state index in [0.29, 0.717) is 19.8 Å². The lowest BCUT2D eigenvalue weighted by Crippen LogP contribution is -2.14. The molecule has 0 radical (unpaired) electrons. The van der Waals surface area contributed by atoms with Crippen molar-refractivity contribution >= 4 is 5.97 Å². The fourth-order valence-corrected chi connectivity index (χ4v) is 1.41. The van der Waals surface area contributed by atoms with Crippen molar-refractivity contribution in [2.45, 2.75) is 20.5 Å². The van der Waals surface area contributed by atoms with Crippen LogP contribution < -0.4 is 4.74 Å². The van der Waals surface area contributed by atoms with Gasteiger partial charge in [0.25, 0.3) is 0 Å². The van der Waals surface area contributed by atoms with Crippen LogP contribution in [0, 0.1) is 5.92 Å². The van der Waals surface area contributed by atoms with Crippen LogP contribution >= 0.6 is 0 Å². The van der Waals surface area contributed by atoms with Crippen molar-refractivity contribution in [1.29, 1.82) is 0 Å². The van der Waals surface area contributed by atoms with Gasteiger partial charge in [0.05, 0.1) is 26.9 Å². The zero-order chi connectivity index (χ0) is 13.4. The van der Waals surface area contributed by atoms with Gasteiger partial charge in [0.1, 0.15) is 5.75 Å². The molecule has 0 N–H and O–H groups in total. The van der Waals surface area contributed by atoms with Gasteiger partial charge in [-0.1, -0.05) is 19.1 Å². The normalized spacial score (nSPS) is 11.9. The monoisotopic (exact) mass is 252 g/mol. The Bertz CT molecular complexity index is 359. The molecule has 0 heterocycles. The molecule has 0 aliphatic carbocycles. The quantitative estimate of drug-likeness (QED) is 0.699. The van der Waals surface area contributed by atoms with Crippen LogP contribution in [0.2, 0.25) is 0 Å². The topological polar surface area (TPSA) is 44.8 Å². The first-order valence-electron chi connectivity index (χ1n) is 5.96. The lowest BCUT2D eigenvalue weighted by Gasteiger charge is -2.12. The standard InChI is InChI=1S/C14H20O4/c1-11(9-18-12(2)15)8-17-10-13-4-6-14(16-3)7-5-13/h4-7,11H,8-10H2,1-3H3/t11-/m1/s1. The van der Waals surface area contributed by atoms with E-state index in [2.05, 4.69) is 0 Å². The Labute approximate surface area is 108 Å². The first-order valence-corrected chi connectivity index (χ1v) is 5.96. The lowest BCUT2D eigenvalue weighted by atomic mass is 10.2. The minimum Gasteiger partial charge on any atom is -0.497 e. The zero-order valence-corrected chi connectivity index (χ0v) is 11.1. The van der Waals surface area contributed by atoms with Gasteiger partial charge in [0.15, 0.2) is 0 Å². The Hall–Kier alpha value is -1.55. The smallest absolute Gasteiger partial charge is 0.302 e. The summed E-state index contributed by atoms with van der Waals surface area (Å²) in [5.41, 5.74) is 1.09. The summed E-state index contributed by atoms with van der Waals surface area (Å²) in [6.07, 6.45) is 0. The number of esters is 1. The van der Waals surface area contributed by atoms with E-state index in [4.69, 9.17) is 14.2 Å². The molecule has 1 rings (SSSR count). The summed E-state index contributed by atoms with van der Waals surface area (Å²) in [5.74, 6) is 0.783. The van der Waals surface area contributed by atoms with Gasteiger partial charge >= 0.3 is 5.97 Å². The third-order valence-corrected chi connectivity index (χ3v) is 2.40. The molecule has 0 bridgehead atoms. The van der Waals surface area contributed by atoms with E-state index in [-0.39, 0.29) is 11.9 Å². The minimum atomic E-state index is -0.253. The van der Waals surface area contributed by atoms with E-state index in [9.17, 15) is 4.79 Å². The average Bonchev–Trinajstić information content (AvgIpc) is 2.37. The summed E-state index contributed by atoms with van der Waals surface area (Å²) < 4.78 is 15.5. The molecule has 100 valence electrons. The van der Waals surface area contributed by atoms with Crippen LogP contribution in [-0.2, 0) is 20.9 Å². The second-order valence-electron chi connectivity index (χ2n) is 4.27. The largest absolute Gasteiger partial charge is 0.497 e. The van der Waals surface area contributed by atoms with E-state index in [1.165, 1.54) is 6.92 Å². The second-order valence-corrected chi connectivity index (χ2v) is 4.27. The molecule has 18 heavy (non-hydrogen) atoms. The molecule has 0 unspecified atom stereocenters. The summed E-state index contributed by atoms with van der Waals surface area (Å²) in [6, 6.07) is 7.74. The number of hydrogen-bond acceptors (Lipinski definition) is 4. The predicted molar refractivity (Wildman–Crippen MR) is 68.4 cm³/mol. The van der Waals surface area contributed by atoms with Crippen molar-refractivity contribution in [3.63, 3.8) is 0 Å². The van der Waals surface area contributed by atoms with Crippen molar-refractivity contribution in [2.24, 2.45) is 5.92 Å². The molecule has 0 spiro atoms. The highest BCUT2D eigenvalue weighted by molar-refractivity contribution is 5.65. The van der Waals surface area contributed by atoms with Gasteiger partial charge in [0.2, 0.25) is 0 Å². The molecule has 1 aromatic carbocycles. The predicted octanol–water partition coefficient (Wildman–Crippen LogP) is 2.41. The van der Waals surface area contributed by atoms with Gasteiger partial charge in [-0.25, -0.2) is 0 Å². The Kier molecular flexibility index (Phi) is 6.22. The molecule has 0 saturated carbocycles. The minimum absolute atomic E-state index is 0.201. The van der Waals surface area contributed by atoms with Gasteiger partial charge in [-0.3, -0.25) is 4.79 Å². The van der Waals surface area contributed by atoms with E-state index in [0.717, 1.165) is 11.3 Å². The third-order valence-electron chi connectivity index (χ3n) is 2.40. The highest BCUT2D eigenvalue weighted by Gasteiger charge is 2.04. The van der Waals surface area contributed by atoms with E-state index < -0.39 is 0 Å². The maximum absolute atomic E-state index is 10.6. The number of carbonyl (C=O) groups is 1. The highest BCUT2D eigenvalue weighted by atomic mass is 16.5. The van der Waals surface area contributed by atoms with E-state index >= 15 is 0 Å². The SMILES string of the molecule is COc1ccc(COC[C@@H](C)COC(C)=O)cc1. The second kappa shape index (κ2) is 7.71. The van der Waals surface area contributed by atoms with E-state index in [1.807, 2.05) is 31.2 Å². The average molecular weight is 252 g/mol. The summed E-state index contributed by atoms with van der Waals surface area (Å²) in [7, 11) is 1.64. The molecule has 4 nitrogen and oxygen atoms in total. The van der Waals surface area contributed by atoms with E-state index in [1.54, 1.807) is 7.11 Å². The maximum Gasteiger partial charge on any atom is 0.302 e. The Morgan fingerprint density at radius 2 is 1.89 bits per heavy atom. The van der Waals surface area contributed by atoms with Crippen LogP contribution in [0.5, 0.6) is 5.75 Å². The van der Waals surface area contributed by atoms with Gasteiger partial charge in [-0.05, 0) is 17.7 Å². The molecule has 1 atom stereocenters. The molecule has 1 aromatic rings. The van der Waals surface area contributed by atoms with Crippen LogP contribution in [0.15, 0.2) is 24.3 Å². The lowest BCUT2D eigenvalue weighted by molar-refractivity contribution is -0.142. The summed E-state index contributed by atoms with van der Waals surface area (Å²) >= 11 is 0. The highest BCUT2D eigenvalue weighted by Crippen LogP contribution is 2.12. The number of hydrogen-bond donors (Lipinski definition) is 0. The van der Waals surface area contributed by atoms with Crippen molar-refractivity contribution < 1.29 is 19.0 Å². The summed E-state index contributed by atoms with van der Waals surface area (Å²) in [4.78, 5) is 10.6. The molecular formula is C14H20O4. The van der Waals surface area contributed by atoms with Gasteiger partial charge in [-0.2, -0.15) is 0 Å². The van der Waals surface area contributed by atoms with Gasteiger partial charge < -0.3 is 14.2 Å². The fraction of sp³-hybridized carbons (Fsp3) is 0.500. The van der Waals surface area contributed by atoms with Crippen LogP contribution in [0.1, 0.15) is 19.4 Å². The van der Waals surface area contributed by atoms with Crippen LogP contribution in [0.3, 0.4) is 0 Å². The first kappa shape index (κ1) is 14.5. The molecule has 0 saturated heterocycles. The number of benzene rings is 1. The molecule has 0 aromatic heterocycles. The number of ether oxygens (including phenoxy) is 3. The van der Waals surface area contributed by atoms with Crippen molar-refractivity contribution in [2.75, 3.05) is 20.3 Å². The molecule has 0 amide bonds.